The number of ether oxygens (including phenoxy) is 2. The number of para-hydroxylation sites is 1. The van der Waals surface area contributed by atoms with E-state index in [1.807, 2.05) is 6.92 Å². The Bertz CT molecular complexity index is 849. The Morgan fingerprint density at radius 3 is 2.59 bits per heavy atom. The molecule has 156 valence electrons. The van der Waals surface area contributed by atoms with Crippen molar-refractivity contribution in [2.75, 3.05) is 18.5 Å². The minimum absolute atomic E-state index is 0.0386. The smallest absolute Gasteiger partial charge is 0.387 e. The SMILES string of the molecule is CCOc1ccccc1C(=O)NCCCC(=O)Nc1ccc(OC(F)F)c(Cl)c1. The van der Waals surface area contributed by atoms with Gasteiger partial charge in [0.1, 0.15) is 11.5 Å². The van der Waals surface area contributed by atoms with Crippen molar-refractivity contribution >= 4 is 29.1 Å². The van der Waals surface area contributed by atoms with Crippen LogP contribution in [0.4, 0.5) is 14.5 Å². The van der Waals surface area contributed by atoms with Gasteiger partial charge in [0.25, 0.3) is 5.91 Å². The zero-order chi connectivity index (χ0) is 21.2. The van der Waals surface area contributed by atoms with Gasteiger partial charge in [-0.3, -0.25) is 9.59 Å². The first kappa shape index (κ1) is 22.4. The second kappa shape index (κ2) is 11.2. The van der Waals surface area contributed by atoms with E-state index in [1.54, 1.807) is 24.3 Å². The Morgan fingerprint density at radius 2 is 1.90 bits per heavy atom. The van der Waals surface area contributed by atoms with Gasteiger partial charge >= 0.3 is 6.61 Å². The van der Waals surface area contributed by atoms with Crippen LogP contribution in [0.1, 0.15) is 30.1 Å². The molecular formula is C20H21ClF2N2O4. The number of nitrogens with one attached hydrogen (secondary N) is 2. The van der Waals surface area contributed by atoms with E-state index in [0.717, 1.165) is 0 Å². The number of halogens is 3. The van der Waals surface area contributed by atoms with Crippen molar-refractivity contribution in [1.82, 2.24) is 5.32 Å². The largest absolute Gasteiger partial charge is 0.493 e. The fourth-order valence-electron chi connectivity index (χ4n) is 2.48. The third-order valence-electron chi connectivity index (χ3n) is 3.73. The average molecular weight is 427 g/mol. The molecule has 9 heteroatoms. The highest BCUT2D eigenvalue weighted by Gasteiger charge is 2.12. The molecule has 0 aromatic heterocycles. The summed E-state index contributed by atoms with van der Waals surface area (Å²) >= 11 is 5.84. The molecular weight excluding hydrogens is 406 g/mol. The number of hydrogen-bond donors (Lipinski definition) is 2. The van der Waals surface area contributed by atoms with Crippen molar-refractivity contribution in [2.45, 2.75) is 26.4 Å². The van der Waals surface area contributed by atoms with Gasteiger partial charge in [0.2, 0.25) is 5.91 Å². The van der Waals surface area contributed by atoms with Crippen LogP contribution in [0.5, 0.6) is 11.5 Å². The lowest BCUT2D eigenvalue weighted by Crippen LogP contribution is -2.26. The molecule has 0 unspecified atom stereocenters. The van der Waals surface area contributed by atoms with Crippen LogP contribution in [0.15, 0.2) is 42.5 Å². The van der Waals surface area contributed by atoms with Gasteiger partial charge in [-0.25, -0.2) is 0 Å². The van der Waals surface area contributed by atoms with Gasteiger partial charge in [-0.05, 0) is 43.7 Å². The number of anilines is 1. The molecule has 2 aromatic carbocycles. The van der Waals surface area contributed by atoms with Crippen molar-refractivity contribution in [2.24, 2.45) is 0 Å². The Kier molecular flexibility index (Phi) is 8.67. The molecule has 0 saturated heterocycles. The molecule has 0 atom stereocenters. The third-order valence-corrected chi connectivity index (χ3v) is 4.02. The van der Waals surface area contributed by atoms with E-state index in [4.69, 9.17) is 16.3 Å². The van der Waals surface area contributed by atoms with Crippen LogP contribution in [0.3, 0.4) is 0 Å². The van der Waals surface area contributed by atoms with Crippen LogP contribution in [-0.2, 0) is 4.79 Å². The maximum atomic E-state index is 12.3. The van der Waals surface area contributed by atoms with Crippen LogP contribution < -0.4 is 20.1 Å². The molecule has 2 aromatic rings. The van der Waals surface area contributed by atoms with Gasteiger partial charge in [0.05, 0.1) is 17.2 Å². The topological polar surface area (TPSA) is 76.7 Å². The summed E-state index contributed by atoms with van der Waals surface area (Å²) in [6, 6.07) is 10.9. The third kappa shape index (κ3) is 7.23. The lowest BCUT2D eigenvalue weighted by Gasteiger charge is -2.11. The molecule has 2 rings (SSSR count). The first-order valence-corrected chi connectivity index (χ1v) is 9.32. The summed E-state index contributed by atoms with van der Waals surface area (Å²) in [5, 5.41) is 5.32. The van der Waals surface area contributed by atoms with E-state index in [2.05, 4.69) is 15.4 Å². The van der Waals surface area contributed by atoms with E-state index in [9.17, 15) is 18.4 Å². The van der Waals surface area contributed by atoms with Gasteiger partial charge < -0.3 is 20.1 Å². The first-order chi connectivity index (χ1) is 13.9. The summed E-state index contributed by atoms with van der Waals surface area (Å²) in [5.41, 5.74) is 0.788. The van der Waals surface area contributed by atoms with E-state index in [0.29, 0.717) is 36.6 Å². The zero-order valence-corrected chi connectivity index (χ0v) is 16.5. The Morgan fingerprint density at radius 1 is 1.14 bits per heavy atom. The lowest BCUT2D eigenvalue weighted by molar-refractivity contribution is -0.116. The molecule has 0 bridgehead atoms. The minimum Gasteiger partial charge on any atom is -0.493 e. The van der Waals surface area contributed by atoms with Crippen LogP contribution in [-0.4, -0.2) is 31.6 Å². The van der Waals surface area contributed by atoms with Gasteiger partial charge in [-0.15, -0.1) is 0 Å². The normalized spacial score (nSPS) is 10.5. The zero-order valence-electron chi connectivity index (χ0n) is 15.7. The van der Waals surface area contributed by atoms with E-state index in [1.165, 1.54) is 18.2 Å². The quantitative estimate of drug-likeness (QED) is 0.549. The molecule has 2 N–H and O–H groups in total. The number of carbonyl (C=O) groups excluding carboxylic acids is 2. The first-order valence-electron chi connectivity index (χ1n) is 8.95. The highest BCUT2D eigenvalue weighted by atomic mass is 35.5. The number of amides is 2. The van der Waals surface area contributed by atoms with Gasteiger partial charge in [-0.2, -0.15) is 8.78 Å². The molecule has 0 fully saturated rings. The molecule has 0 saturated carbocycles. The highest BCUT2D eigenvalue weighted by molar-refractivity contribution is 6.32. The highest BCUT2D eigenvalue weighted by Crippen LogP contribution is 2.29. The number of hydrogen-bond acceptors (Lipinski definition) is 4. The van der Waals surface area contributed by atoms with Crippen molar-refractivity contribution in [1.29, 1.82) is 0 Å². The molecule has 2 amide bonds. The van der Waals surface area contributed by atoms with E-state index >= 15 is 0 Å². The Balaban J connectivity index is 1.77. The maximum Gasteiger partial charge on any atom is 0.387 e. The van der Waals surface area contributed by atoms with Crippen LogP contribution >= 0.6 is 11.6 Å². The number of benzene rings is 2. The predicted octanol–water partition coefficient (Wildman–Crippen LogP) is 4.49. The average Bonchev–Trinajstić information content (AvgIpc) is 2.67. The van der Waals surface area contributed by atoms with Crippen molar-refractivity contribution in [3.05, 3.63) is 53.1 Å². The van der Waals surface area contributed by atoms with Crippen LogP contribution in [0.2, 0.25) is 5.02 Å². The Labute approximate surface area is 172 Å². The fraction of sp³-hybridized carbons (Fsp3) is 0.300. The van der Waals surface area contributed by atoms with Crippen LogP contribution in [0, 0.1) is 0 Å². The molecule has 0 radical (unpaired) electrons. The maximum absolute atomic E-state index is 12.3. The van der Waals surface area contributed by atoms with Gasteiger partial charge in [0.15, 0.2) is 0 Å². The second-order valence-electron chi connectivity index (χ2n) is 5.86. The lowest BCUT2D eigenvalue weighted by atomic mass is 10.2. The summed E-state index contributed by atoms with van der Waals surface area (Å²) in [7, 11) is 0. The summed E-state index contributed by atoms with van der Waals surface area (Å²) in [6.45, 7) is -0.401. The number of alkyl halides is 2. The van der Waals surface area contributed by atoms with Crippen molar-refractivity contribution in [3.63, 3.8) is 0 Å². The molecule has 29 heavy (non-hydrogen) atoms. The van der Waals surface area contributed by atoms with Gasteiger partial charge in [0, 0.05) is 18.7 Å². The fourth-order valence-corrected chi connectivity index (χ4v) is 2.70. The molecule has 0 heterocycles. The molecule has 0 aliphatic carbocycles. The molecule has 0 spiro atoms. The number of carbonyl (C=O) groups is 2. The Hall–Kier alpha value is -2.87. The molecule has 0 aliphatic rings. The predicted molar refractivity (Wildman–Crippen MR) is 106 cm³/mol. The monoisotopic (exact) mass is 426 g/mol. The van der Waals surface area contributed by atoms with Gasteiger partial charge in [-0.1, -0.05) is 23.7 Å². The summed E-state index contributed by atoms with van der Waals surface area (Å²) in [6.07, 6.45) is 0.564. The molecule has 6 nitrogen and oxygen atoms in total. The summed E-state index contributed by atoms with van der Waals surface area (Å²) in [5.74, 6) is -0.250. The summed E-state index contributed by atoms with van der Waals surface area (Å²) < 4.78 is 34.1. The van der Waals surface area contributed by atoms with E-state index in [-0.39, 0.29) is 29.0 Å². The summed E-state index contributed by atoms with van der Waals surface area (Å²) in [4.78, 5) is 24.3. The van der Waals surface area contributed by atoms with Crippen molar-refractivity contribution in [3.8, 4) is 11.5 Å². The second-order valence-corrected chi connectivity index (χ2v) is 6.27. The minimum atomic E-state index is -2.98. The standard InChI is InChI=1S/C20H21ClF2N2O4/c1-2-28-16-7-4-3-6-14(16)19(27)24-11-5-8-18(26)25-13-9-10-17(15(21)12-13)29-20(22)23/h3-4,6-7,9-10,12,20H,2,5,8,11H2,1H3,(H,24,27)(H,25,26). The molecule has 0 aliphatic heterocycles. The number of rotatable bonds is 10. The van der Waals surface area contributed by atoms with E-state index < -0.39 is 6.61 Å². The van der Waals surface area contributed by atoms with Crippen LogP contribution in [0.25, 0.3) is 0 Å². The van der Waals surface area contributed by atoms with Crippen molar-refractivity contribution < 1.29 is 27.8 Å².